The molecular weight excluding hydrogens is 300 g/mol. The number of piperidine rings is 1. The van der Waals surface area contributed by atoms with E-state index < -0.39 is 34.2 Å². The Morgan fingerprint density at radius 3 is 2.43 bits per heavy atom. The third-order valence-corrected chi connectivity index (χ3v) is 5.05. The number of rotatable bonds is 6. The van der Waals surface area contributed by atoms with Crippen LogP contribution in [0.4, 0.5) is 0 Å². The van der Waals surface area contributed by atoms with Gasteiger partial charge in [0.1, 0.15) is 12.1 Å². The summed E-state index contributed by atoms with van der Waals surface area (Å²) in [5.41, 5.74) is 0. The Balaban J connectivity index is 2.97. The fraction of sp³-hybridized carbons (Fsp3) is 0.833. The summed E-state index contributed by atoms with van der Waals surface area (Å²) in [4.78, 5) is 22.8. The Morgan fingerprint density at radius 1 is 1.33 bits per heavy atom. The van der Waals surface area contributed by atoms with Crippen LogP contribution < -0.4 is 4.72 Å². The summed E-state index contributed by atoms with van der Waals surface area (Å²) < 4.78 is 32.5. The van der Waals surface area contributed by atoms with E-state index in [1.165, 1.54) is 7.11 Å². The van der Waals surface area contributed by atoms with Gasteiger partial charge in [-0.05, 0) is 25.2 Å². The molecule has 0 bridgehead atoms. The van der Waals surface area contributed by atoms with Gasteiger partial charge in [-0.15, -0.1) is 0 Å². The lowest BCUT2D eigenvalue weighted by Gasteiger charge is -2.33. The standard InChI is InChI=1S/C12H22N2O6S/c1-8(2)10(12(17)20-3)13-21(18,19)14-7-5-4-6-9(14)11(15)16/h8-10,13H,4-7H2,1-3H3,(H,15,16)/t9?,10-/m0/s1. The van der Waals surface area contributed by atoms with E-state index in [0.717, 1.165) is 4.31 Å². The van der Waals surface area contributed by atoms with Crippen LogP contribution in [0.5, 0.6) is 0 Å². The first-order valence-electron chi connectivity index (χ1n) is 6.80. The Kier molecular flexibility index (Phi) is 6.11. The number of nitrogens with one attached hydrogen (secondary N) is 1. The van der Waals surface area contributed by atoms with Gasteiger partial charge in [-0.1, -0.05) is 13.8 Å². The van der Waals surface area contributed by atoms with Crippen LogP contribution in [-0.4, -0.2) is 55.5 Å². The molecule has 0 spiro atoms. The molecule has 0 aromatic rings. The average Bonchev–Trinajstić information content (AvgIpc) is 2.43. The zero-order valence-electron chi connectivity index (χ0n) is 12.4. The van der Waals surface area contributed by atoms with Crippen LogP contribution in [0.2, 0.25) is 0 Å². The van der Waals surface area contributed by atoms with Gasteiger partial charge in [-0.25, -0.2) is 0 Å². The minimum Gasteiger partial charge on any atom is -0.480 e. The van der Waals surface area contributed by atoms with Crippen LogP contribution in [0.1, 0.15) is 33.1 Å². The minimum atomic E-state index is -4.08. The van der Waals surface area contributed by atoms with E-state index in [9.17, 15) is 18.0 Å². The molecule has 0 radical (unpaired) electrons. The van der Waals surface area contributed by atoms with Gasteiger partial charge in [-0.2, -0.15) is 17.4 Å². The molecule has 0 amide bonds. The Bertz CT molecular complexity index is 490. The lowest BCUT2D eigenvalue weighted by molar-refractivity contribution is -0.143. The van der Waals surface area contributed by atoms with Crippen molar-refractivity contribution in [1.29, 1.82) is 0 Å². The van der Waals surface area contributed by atoms with Crippen LogP contribution in [0, 0.1) is 5.92 Å². The van der Waals surface area contributed by atoms with Crippen molar-refractivity contribution >= 4 is 22.1 Å². The number of carboxylic acid groups (broad SMARTS) is 1. The number of ether oxygens (including phenoxy) is 1. The van der Waals surface area contributed by atoms with Gasteiger partial charge < -0.3 is 9.84 Å². The second-order valence-electron chi connectivity index (χ2n) is 5.33. The van der Waals surface area contributed by atoms with E-state index >= 15 is 0 Å². The number of hydrogen-bond acceptors (Lipinski definition) is 5. The molecule has 0 saturated carbocycles. The highest BCUT2D eigenvalue weighted by molar-refractivity contribution is 7.87. The van der Waals surface area contributed by atoms with Crippen molar-refractivity contribution in [2.24, 2.45) is 5.92 Å². The molecule has 1 heterocycles. The Labute approximate surface area is 124 Å². The SMILES string of the molecule is COC(=O)[C@@H](NS(=O)(=O)N1CCCCC1C(=O)O)C(C)C. The van der Waals surface area contributed by atoms with Crippen LogP contribution in [0.15, 0.2) is 0 Å². The maximum atomic E-state index is 12.4. The lowest BCUT2D eigenvalue weighted by Crippen LogP contribution is -2.56. The van der Waals surface area contributed by atoms with Crippen molar-refractivity contribution < 1.29 is 27.9 Å². The Morgan fingerprint density at radius 2 is 1.95 bits per heavy atom. The van der Waals surface area contributed by atoms with Crippen molar-refractivity contribution in [2.75, 3.05) is 13.7 Å². The molecule has 1 saturated heterocycles. The second-order valence-corrected chi connectivity index (χ2v) is 6.98. The first kappa shape index (κ1) is 17.9. The quantitative estimate of drug-likeness (QED) is 0.663. The zero-order valence-corrected chi connectivity index (χ0v) is 13.2. The van der Waals surface area contributed by atoms with Crippen molar-refractivity contribution in [2.45, 2.75) is 45.2 Å². The van der Waals surface area contributed by atoms with Crippen LogP contribution >= 0.6 is 0 Å². The van der Waals surface area contributed by atoms with E-state index in [2.05, 4.69) is 9.46 Å². The van der Waals surface area contributed by atoms with Crippen molar-refractivity contribution in [1.82, 2.24) is 9.03 Å². The first-order valence-corrected chi connectivity index (χ1v) is 8.24. The van der Waals surface area contributed by atoms with E-state index in [4.69, 9.17) is 5.11 Å². The number of esters is 1. The second kappa shape index (κ2) is 7.19. The van der Waals surface area contributed by atoms with Gasteiger partial charge in [0.2, 0.25) is 0 Å². The number of carbonyl (C=O) groups excluding carboxylic acids is 1. The molecule has 21 heavy (non-hydrogen) atoms. The van der Waals surface area contributed by atoms with Gasteiger partial charge in [0.05, 0.1) is 7.11 Å². The average molecular weight is 322 g/mol. The molecule has 1 unspecified atom stereocenters. The normalized spacial score (nSPS) is 22.0. The summed E-state index contributed by atoms with van der Waals surface area (Å²) >= 11 is 0. The van der Waals surface area contributed by atoms with E-state index in [-0.39, 0.29) is 18.9 Å². The number of carboxylic acids is 1. The van der Waals surface area contributed by atoms with Crippen LogP contribution in [0.3, 0.4) is 0 Å². The molecule has 1 aliphatic rings. The number of methoxy groups -OCH3 is 1. The summed E-state index contributed by atoms with van der Waals surface area (Å²) in [5, 5.41) is 9.15. The molecule has 9 heteroatoms. The van der Waals surface area contributed by atoms with Crippen molar-refractivity contribution in [3.8, 4) is 0 Å². The summed E-state index contributed by atoms with van der Waals surface area (Å²) in [6.07, 6.45) is 1.52. The number of carbonyl (C=O) groups is 2. The van der Waals surface area contributed by atoms with E-state index in [1.807, 2.05) is 0 Å². The molecule has 2 N–H and O–H groups in total. The first-order chi connectivity index (χ1) is 9.70. The molecular formula is C12H22N2O6S. The monoisotopic (exact) mass is 322 g/mol. The third kappa shape index (κ3) is 4.39. The molecule has 0 aromatic carbocycles. The van der Waals surface area contributed by atoms with Gasteiger partial charge in [0.15, 0.2) is 0 Å². The highest BCUT2D eigenvalue weighted by Crippen LogP contribution is 2.21. The maximum absolute atomic E-state index is 12.4. The van der Waals surface area contributed by atoms with Gasteiger partial charge in [0, 0.05) is 6.54 Å². The van der Waals surface area contributed by atoms with Gasteiger partial charge >= 0.3 is 11.9 Å². The minimum absolute atomic E-state index is 0.123. The summed E-state index contributed by atoms with van der Waals surface area (Å²) in [7, 11) is -2.90. The smallest absolute Gasteiger partial charge is 0.324 e. The number of aliphatic carboxylic acids is 1. The van der Waals surface area contributed by atoms with Crippen molar-refractivity contribution in [3.05, 3.63) is 0 Å². The molecule has 0 aliphatic carbocycles. The van der Waals surface area contributed by atoms with E-state index in [1.54, 1.807) is 13.8 Å². The zero-order chi connectivity index (χ0) is 16.2. The maximum Gasteiger partial charge on any atom is 0.324 e. The molecule has 2 atom stereocenters. The number of hydrogen-bond donors (Lipinski definition) is 2. The van der Waals surface area contributed by atoms with E-state index in [0.29, 0.717) is 12.8 Å². The fourth-order valence-corrected chi connectivity index (χ4v) is 3.98. The van der Waals surface area contributed by atoms with Crippen LogP contribution in [-0.2, 0) is 24.5 Å². The Hall–Kier alpha value is -1.19. The van der Waals surface area contributed by atoms with Crippen molar-refractivity contribution in [3.63, 3.8) is 0 Å². The third-order valence-electron chi connectivity index (χ3n) is 3.45. The predicted octanol–water partition coefficient (Wildman–Crippen LogP) is -0.0425. The number of nitrogens with zero attached hydrogens (tertiary/aromatic N) is 1. The molecule has 8 nitrogen and oxygen atoms in total. The highest BCUT2D eigenvalue weighted by atomic mass is 32.2. The molecule has 0 aromatic heterocycles. The molecule has 1 aliphatic heterocycles. The lowest BCUT2D eigenvalue weighted by atomic mass is 10.1. The molecule has 122 valence electrons. The fourth-order valence-electron chi connectivity index (χ4n) is 2.25. The molecule has 1 rings (SSSR count). The predicted molar refractivity (Wildman–Crippen MR) is 74.7 cm³/mol. The summed E-state index contributed by atoms with van der Waals surface area (Å²) in [5.74, 6) is -2.20. The van der Waals surface area contributed by atoms with Gasteiger partial charge in [-0.3, -0.25) is 9.59 Å². The summed E-state index contributed by atoms with van der Waals surface area (Å²) in [6, 6.07) is -2.14. The van der Waals surface area contributed by atoms with Crippen LogP contribution in [0.25, 0.3) is 0 Å². The largest absolute Gasteiger partial charge is 0.480 e. The topological polar surface area (TPSA) is 113 Å². The summed E-state index contributed by atoms with van der Waals surface area (Å²) in [6.45, 7) is 3.47. The van der Waals surface area contributed by atoms with Gasteiger partial charge in [0.25, 0.3) is 10.2 Å². The highest BCUT2D eigenvalue weighted by Gasteiger charge is 2.39. The molecule has 1 fully saturated rings.